The maximum Gasteiger partial charge on any atom is 0.128 e. The van der Waals surface area contributed by atoms with Gasteiger partial charge in [0.05, 0.1) is 7.11 Å². The molecule has 4 heteroatoms. The Balaban J connectivity index is 3.52. The van der Waals surface area contributed by atoms with E-state index in [1.165, 1.54) is 0 Å². The monoisotopic (exact) mass is 266 g/mol. The lowest BCUT2D eigenvalue weighted by atomic mass is 9.81. The molecule has 0 saturated carbocycles. The lowest BCUT2D eigenvalue weighted by Crippen LogP contribution is -2.39. The molecule has 0 radical (unpaired) electrons. The van der Waals surface area contributed by atoms with Gasteiger partial charge in [-0.15, -0.1) is 0 Å². The van der Waals surface area contributed by atoms with E-state index in [0.717, 1.165) is 22.4 Å². The Morgan fingerprint density at radius 1 is 1.21 bits per heavy atom. The Bertz CT molecular complexity index is 448. The normalized spacial score (nSPS) is 15.2. The van der Waals surface area contributed by atoms with Gasteiger partial charge in [-0.05, 0) is 25.3 Å². The maximum absolute atomic E-state index is 10.6. The van der Waals surface area contributed by atoms with Gasteiger partial charge in [0.25, 0.3) is 0 Å². The molecular weight excluding hydrogens is 240 g/mol. The van der Waals surface area contributed by atoms with Gasteiger partial charge < -0.3 is 9.84 Å². The molecule has 4 nitrogen and oxygen atoms in total. The van der Waals surface area contributed by atoms with Crippen molar-refractivity contribution in [2.24, 2.45) is 5.84 Å². The highest BCUT2D eigenvalue weighted by Crippen LogP contribution is 2.39. The number of hydrogen-bond donors (Lipinski definition) is 3. The molecule has 0 aliphatic rings. The van der Waals surface area contributed by atoms with Crippen molar-refractivity contribution in [3.8, 4) is 5.75 Å². The molecule has 0 amide bonds. The van der Waals surface area contributed by atoms with Gasteiger partial charge in [-0.1, -0.05) is 32.4 Å². The van der Waals surface area contributed by atoms with Gasteiger partial charge in [0, 0.05) is 17.7 Å². The number of methoxy groups -OCH3 is 1. The number of aliphatic hydroxyl groups is 1. The maximum atomic E-state index is 10.6. The molecule has 0 aliphatic carbocycles. The molecule has 1 atom stereocenters. The van der Waals surface area contributed by atoms with Crippen LogP contribution in [0.25, 0.3) is 0 Å². The van der Waals surface area contributed by atoms with Crippen LogP contribution in [-0.2, 0) is 11.0 Å². The Hall–Kier alpha value is -1.10. The first-order chi connectivity index (χ1) is 8.63. The third-order valence-electron chi connectivity index (χ3n) is 3.27. The summed E-state index contributed by atoms with van der Waals surface area (Å²) in [4.78, 5) is 0. The molecule has 1 unspecified atom stereocenters. The molecule has 1 rings (SSSR count). The van der Waals surface area contributed by atoms with Crippen LogP contribution in [0.4, 0.5) is 0 Å². The second-order valence-electron chi connectivity index (χ2n) is 6.30. The van der Waals surface area contributed by atoms with Crippen LogP contribution in [0.15, 0.2) is 12.1 Å². The van der Waals surface area contributed by atoms with E-state index in [1.807, 2.05) is 13.0 Å². The summed E-state index contributed by atoms with van der Waals surface area (Å²) in [6.07, 6.45) is 0. The van der Waals surface area contributed by atoms with Gasteiger partial charge in [0.2, 0.25) is 0 Å². The topological polar surface area (TPSA) is 67.5 Å². The van der Waals surface area contributed by atoms with Crippen LogP contribution in [-0.4, -0.2) is 18.8 Å². The van der Waals surface area contributed by atoms with E-state index in [0.29, 0.717) is 0 Å². The van der Waals surface area contributed by atoms with Crippen LogP contribution < -0.4 is 16.0 Å². The highest BCUT2D eigenvalue weighted by Gasteiger charge is 2.31. The van der Waals surface area contributed by atoms with Gasteiger partial charge in [-0.2, -0.15) is 0 Å². The van der Waals surface area contributed by atoms with Crippen molar-refractivity contribution in [2.45, 2.75) is 45.6 Å². The van der Waals surface area contributed by atoms with Gasteiger partial charge in [0.15, 0.2) is 0 Å². The first-order valence-corrected chi connectivity index (χ1v) is 6.49. The fraction of sp³-hybridized carbons (Fsp3) is 0.600. The molecule has 0 heterocycles. The summed E-state index contributed by atoms with van der Waals surface area (Å²) in [5.41, 5.74) is 4.34. The van der Waals surface area contributed by atoms with Crippen molar-refractivity contribution in [1.29, 1.82) is 0 Å². The average molecular weight is 266 g/mol. The molecule has 0 aliphatic heterocycles. The standard InChI is InChI=1S/C15H26N2O2/c1-10-7-11(14(2,3)4)13(19-6)12(8-10)15(5,18)9-17-16/h7-8,17-18H,9,16H2,1-6H3. The van der Waals surface area contributed by atoms with Gasteiger partial charge >= 0.3 is 0 Å². The van der Waals surface area contributed by atoms with Crippen molar-refractivity contribution in [1.82, 2.24) is 5.43 Å². The molecule has 0 bridgehead atoms. The fourth-order valence-corrected chi connectivity index (χ4v) is 2.24. The summed E-state index contributed by atoms with van der Waals surface area (Å²) in [5, 5.41) is 10.6. The number of nitrogens with one attached hydrogen (secondary N) is 1. The summed E-state index contributed by atoms with van der Waals surface area (Å²) in [6, 6.07) is 4.06. The smallest absolute Gasteiger partial charge is 0.128 e. The zero-order valence-electron chi connectivity index (χ0n) is 12.8. The van der Waals surface area contributed by atoms with Crippen molar-refractivity contribution in [3.05, 3.63) is 28.8 Å². The van der Waals surface area contributed by atoms with E-state index in [4.69, 9.17) is 10.6 Å². The molecule has 0 fully saturated rings. The van der Waals surface area contributed by atoms with Crippen LogP contribution in [0.1, 0.15) is 44.4 Å². The van der Waals surface area contributed by atoms with Crippen LogP contribution in [0.3, 0.4) is 0 Å². The largest absolute Gasteiger partial charge is 0.496 e. The molecule has 19 heavy (non-hydrogen) atoms. The minimum Gasteiger partial charge on any atom is -0.496 e. The van der Waals surface area contributed by atoms with Gasteiger partial charge in [-0.3, -0.25) is 11.3 Å². The summed E-state index contributed by atoms with van der Waals surface area (Å²) < 4.78 is 5.56. The van der Waals surface area contributed by atoms with E-state index in [9.17, 15) is 5.11 Å². The molecule has 1 aromatic rings. The van der Waals surface area contributed by atoms with E-state index in [1.54, 1.807) is 14.0 Å². The summed E-state index contributed by atoms with van der Waals surface area (Å²) in [6.45, 7) is 10.4. The summed E-state index contributed by atoms with van der Waals surface area (Å²) >= 11 is 0. The van der Waals surface area contributed by atoms with E-state index in [-0.39, 0.29) is 12.0 Å². The highest BCUT2D eigenvalue weighted by atomic mass is 16.5. The number of hydrazine groups is 1. The first kappa shape index (κ1) is 16.0. The minimum atomic E-state index is -1.08. The quantitative estimate of drug-likeness (QED) is 0.576. The van der Waals surface area contributed by atoms with Gasteiger partial charge in [-0.25, -0.2) is 0 Å². The molecule has 1 aromatic carbocycles. The predicted molar refractivity (Wildman–Crippen MR) is 78.2 cm³/mol. The van der Waals surface area contributed by atoms with Gasteiger partial charge in [0.1, 0.15) is 11.4 Å². The number of benzene rings is 1. The Morgan fingerprint density at radius 2 is 1.74 bits per heavy atom. The highest BCUT2D eigenvalue weighted by molar-refractivity contribution is 5.50. The third kappa shape index (κ3) is 3.47. The molecule has 0 saturated heterocycles. The molecule has 0 spiro atoms. The number of nitrogens with two attached hydrogens (primary N) is 1. The fourth-order valence-electron chi connectivity index (χ4n) is 2.24. The molecule has 4 N–H and O–H groups in total. The van der Waals surface area contributed by atoms with Crippen LogP contribution in [0.5, 0.6) is 5.75 Å². The van der Waals surface area contributed by atoms with Crippen LogP contribution >= 0.6 is 0 Å². The summed E-state index contributed by atoms with van der Waals surface area (Å²) in [7, 11) is 1.63. The zero-order chi connectivity index (χ0) is 14.8. The van der Waals surface area contributed by atoms with Crippen molar-refractivity contribution in [2.75, 3.05) is 13.7 Å². The van der Waals surface area contributed by atoms with E-state index < -0.39 is 5.60 Å². The lowest BCUT2D eigenvalue weighted by molar-refractivity contribution is 0.0543. The molecular formula is C15H26N2O2. The molecule has 0 aromatic heterocycles. The van der Waals surface area contributed by atoms with E-state index >= 15 is 0 Å². The minimum absolute atomic E-state index is 0.0572. The Morgan fingerprint density at radius 3 is 2.16 bits per heavy atom. The number of rotatable bonds is 4. The predicted octanol–water partition coefficient (Wildman–Crippen LogP) is 1.97. The number of ether oxygens (including phenoxy) is 1. The van der Waals surface area contributed by atoms with Crippen LogP contribution in [0, 0.1) is 6.92 Å². The lowest BCUT2D eigenvalue weighted by Gasteiger charge is -2.30. The Kier molecular flexibility index (Phi) is 4.61. The second-order valence-corrected chi connectivity index (χ2v) is 6.30. The third-order valence-corrected chi connectivity index (χ3v) is 3.27. The first-order valence-electron chi connectivity index (χ1n) is 6.49. The Labute approximate surface area is 115 Å². The zero-order valence-corrected chi connectivity index (χ0v) is 12.8. The summed E-state index contributed by atoms with van der Waals surface area (Å²) in [5.74, 6) is 6.09. The van der Waals surface area contributed by atoms with Crippen LogP contribution in [0.2, 0.25) is 0 Å². The SMILES string of the molecule is COc1c(C(C)(C)C)cc(C)cc1C(C)(O)CNN. The molecule has 108 valence electrons. The average Bonchev–Trinajstić information content (AvgIpc) is 2.26. The second kappa shape index (κ2) is 5.49. The number of hydrogen-bond acceptors (Lipinski definition) is 4. The van der Waals surface area contributed by atoms with E-state index in [2.05, 4.69) is 32.3 Å². The van der Waals surface area contributed by atoms with Crippen molar-refractivity contribution >= 4 is 0 Å². The van der Waals surface area contributed by atoms with Crippen molar-refractivity contribution < 1.29 is 9.84 Å². The van der Waals surface area contributed by atoms with Crippen molar-refractivity contribution in [3.63, 3.8) is 0 Å². The number of aryl methyl sites for hydroxylation is 1.